The molecule has 1 atom stereocenters. The molecule has 0 spiro atoms. The smallest absolute Gasteiger partial charge is 0.00389 e. The molecule has 1 aliphatic carbocycles. The van der Waals surface area contributed by atoms with Crippen molar-refractivity contribution in [2.75, 3.05) is 13.1 Å². The van der Waals surface area contributed by atoms with Gasteiger partial charge in [-0.25, -0.2) is 0 Å². The molecule has 0 radical (unpaired) electrons. The maximum atomic E-state index is 6.05. The first-order chi connectivity index (χ1) is 8.22. The zero-order valence-electron chi connectivity index (χ0n) is 11.9. The van der Waals surface area contributed by atoms with Gasteiger partial charge in [0.25, 0.3) is 0 Å². The number of nitrogens with one attached hydrogen (secondary N) is 1. The number of hydrogen-bond donors (Lipinski definition) is 2. The van der Waals surface area contributed by atoms with E-state index in [0.717, 1.165) is 13.1 Å². The van der Waals surface area contributed by atoms with Crippen LogP contribution in [0.25, 0.3) is 0 Å². The van der Waals surface area contributed by atoms with Crippen LogP contribution >= 0.6 is 0 Å². The molecule has 17 heavy (non-hydrogen) atoms. The van der Waals surface area contributed by atoms with Crippen molar-refractivity contribution in [3.05, 3.63) is 0 Å². The molecule has 0 aromatic heterocycles. The number of nitrogens with two attached hydrogens (primary N) is 1. The fourth-order valence-corrected chi connectivity index (χ4v) is 2.93. The molecule has 0 heterocycles. The summed E-state index contributed by atoms with van der Waals surface area (Å²) in [6.07, 6.45) is 12.2. The highest BCUT2D eigenvalue weighted by atomic mass is 14.9. The van der Waals surface area contributed by atoms with E-state index in [9.17, 15) is 0 Å². The molecule has 2 nitrogen and oxygen atoms in total. The molecule has 1 fully saturated rings. The van der Waals surface area contributed by atoms with Gasteiger partial charge < -0.3 is 11.1 Å². The summed E-state index contributed by atoms with van der Waals surface area (Å²) in [5, 5.41) is 3.73. The van der Waals surface area contributed by atoms with Gasteiger partial charge in [0.05, 0.1) is 0 Å². The van der Waals surface area contributed by atoms with Crippen molar-refractivity contribution < 1.29 is 0 Å². The monoisotopic (exact) mass is 240 g/mol. The van der Waals surface area contributed by atoms with E-state index in [-0.39, 0.29) is 0 Å². The van der Waals surface area contributed by atoms with E-state index in [2.05, 4.69) is 19.2 Å². The molecule has 3 N–H and O–H groups in total. The van der Waals surface area contributed by atoms with Gasteiger partial charge in [0.15, 0.2) is 0 Å². The molecule has 0 amide bonds. The minimum atomic E-state index is 0.400. The second kappa shape index (κ2) is 8.10. The Morgan fingerprint density at radius 1 is 1.18 bits per heavy atom. The van der Waals surface area contributed by atoms with E-state index in [4.69, 9.17) is 5.73 Å². The van der Waals surface area contributed by atoms with E-state index in [1.165, 1.54) is 57.8 Å². The Labute approximate surface area is 108 Å². The molecule has 1 rings (SSSR count). The number of hydrogen-bond acceptors (Lipinski definition) is 2. The van der Waals surface area contributed by atoms with Gasteiger partial charge in [0.1, 0.15) is 0 Å². The second-order valence-corrected chi connectivity index (χ2v) is 6.04. The standard InChI is InChI=1S/C15H32N2/c1-3-4-9-14(2)17-13-15(12-16)10-7-5-6-8-11-15/h14,17H,3-13,16H2,1-2H3. The first-order valence-electron chi connectivity index (χ1n) is 7.66. The molecule has 0 bridgehead atoms. The minimum absolute atomic E-state index is 0.400. The first kappa shape index (κ1) is 15.0. The third kappa shape index (κ3) is 5.39. The van der Waals surface area contributed by atoms with E-state index in [1.807, 2.05) is 0 Å². The van der Waals surface area contributed by atoms with Crippen molar-refractivity contribution in [1.82, 2.24) is 5.32 Å². The predicted octanol–water partition coefficient (Wildman–Crippen LogP) is 3.45. The topological polar surface area (TPSA) is 38.0 Å². The molecule has 1 unspecified atom stereocenters. The quantitative estimate of drug-likeness (QED) is 0.669. The van der Waals surface area contributed by atoms with E-state index < -0.39 is 0 Å². The largest absolute Gasteiger partial charge is 0.330 e. The van der Waals surface area contributed by atoms with Gasteiger partial charge in [0, 0.05) is 12.6 Å². The summed E-state index contributed by atoms with van der Waals surface area (Å²) in [5.74, 6) is 0. The lowest BCUT2D eigenvalue weighted by atomic mass is 9.80. The van der Waals surface area contributed by atoms with Crippen molar-refractivity contribution >= 4 is 0 Å². The van der Waals surface area contributed by atoms with Crippen molar-refractivity contribution in [2.24, 2.45) is 11.1 Å². The van der Waals surface area contributed by atoms with E-state index in [0.29, 0.717) is 11.5 Å². The fourth-order valence-electron chi connectivity index (χ4n) is 2.93. The maximum absolute atomic E-state index is 6.05. The van der Waals surface area contributed by atoms with Gasteiger partial charge in [0.2, 0.25) is 0 Å². The van der Waals surface area contributed by atoms with Crippen LogP contribution in [0.4, 0.5) is 0 Å². The van der Waals surface area contributed by atoms with Gasteiger partial charge in [-0.15, -0.1) is 0 Å². The van der Waals surface area contributed by atoms with Crippen LogP contribution in [0.1, 0.15) is 71.6 Å². The molecule has 0 aliphatic heterocycles. The van der Waals surface area contributed by atoms with Crippen LogP contribution in [-0.4, -0.2) is 19.1 Å². The van der Waals surface area contributed by atoms with Crippen molar-refractivity contribution in [2.45, 2.75) is 77.7 Å². The van der Waals surface area contributed by atoms with Crippen LogP contribution in [0.2, 0.25) is 0 Å². The molecule has 0 saturated heterocycles. The summed E-state index contributed by atoms with van der Waals surface area (Å²) in [4.78, 5) is 0. The van der Waals surface area contributed by atoms with Crippen LogP contribution in [0, 0.1) is 5.41 Å². The molecule has 102 valence electrons. The van der Waals surface area contributed by atoms with Gasteiger partial charge in [-0.2, -0.15) is 0 Å². The van der Waals surface area contributed by atoms with Crippen LogP contribution in [0.3, 0.4) is 0 Å². The Bertz CT molecular complexity index is 183. The summed E-state index contributed by atoms with van der Waals surface area (Å²) >= 11 is 0. The molecule has 1 aliphatic rings. The molecular formula is C15H32N2. The highest BCUT2D eigenvalue weighted by molar-refractivity contribution is 4.85. The Morgan fingerprint density at radius 3 is 2.35 bits per heavy atom. The van der Waals surface area contributed by atoms with Crippen LogP contribution in [0.15, 0.2) is 0 Å². The molecule has 1 saturated carbocycles. The fraction of sp³-hybridized carbons (Fsp3) is 1.00. The summed E-state index contributed by atoms with van der Waals surface area (Å²) in [6, 6.07) is 0.654. The zero-order valence-corrected chi connectivity index (χ0v) is 11.9. The molecule has 2 heteroatoms. The van der Waals surface area contributed by atoms with E-state index in [1.54, 1.807) is 0 Å². The molecule has 0 aromatic carbocycles. The van der Waals surface area contributed by atoms with Crippen molar-refractivity contribution in [3.63, 3.8) is 0 Å². The lowest BCUT2D eigenvalue weighted by molar-refractivity contribution is 0.231. The Kier molecular flexibility index (Phi) is 7.14. The Morgan fingerprint density at radius 2 is 1.82 bits per heavy atom. The second-order valence-electron chi connectivity index (χ2n) is 6.04. The van der Waals surface area contributed by atoms with Gasteiger partial charge >= 0.3 is 0 Å². The highest BCUT2D eigenvalue weighted by Gasteiger charge is 2.29. The zero-order chi connectivity index (χ0) is 12.6. The summed E-state index contributed by atoms with van der Waals surface area (Å²) in [5.41, 5.74) is 6.45. The van der Waals surface area contributed by atoms with Crippen molar-refractivity contribution in [1.29, 1.82) is 0 Å². The van der Waals surface area contributed by atoms with Gasteiger partial charge in [-0.05, 0) is 38.1 Å². The van der Waals surface area contributed by atoms with Gasteiger partial charge in [-0.3, -0.25) is 0 Å². The average Bonchev–Trinajstić information content (AvgIpc) is 2.60. The molecule has 0 aromatic rings. The Hall–Kier alpha value is -0.0800. The average molecular weight is 240 g/mol. The predicted molar refractivity (Wildman–Crippen MR) is 76.2 cm³/mol. The SMILES string of the molecule is CCCCC(C)NCC1(CN)CCCCCC1. The first-order valence-corrected chi connectivity index (χ1v) is 7.66. The van der Waals surface area contributed by atoms with Crippen molar-refractivity contribution in [3.8, 4) is 0 Å². The minimum Gasteiger partial charge on any atom is -0.330 e. The van der Waals surface area contributed by atoms with Crippen LogP contribution in [0.5, 0.6) is 0 Å². The highest BCUT2D eigenvalue weighted by Crippen LogP contribution is 2.33. The summed E-state index contributed by atoms with van der Waals surface area (Å²) < 4.78 is 0. The third-order valence-corrected chi connectivity index (χ3v) is 4.41. The lowest BCUT2D eigenvalue weighted by Crippen LogP contribution is -2.43. The number of rotatable bonds is 7. The maximum Gasteiger partial charge on any atom is 0.00389 e. The third-order valence-electron chi connectivity index (χ3n) is 4.41. The normalized spacial score (nSPS) is 22.1. The Balaban J connectivity index is 2.34. The molecular weight excluding hydrogens is 208 g/mol. The lowest BCUT2D eigenvalue weighted by Gasteiger charge is -2.33. The summed E-state index contributed by atoms with van der Waals surface area (Å²) in [6.45, 7) is 6.57. The number of unbranched alkanes of at least 4 members (excludes halogenated alkanes) is 1. The summed E-state index contributed by atoms with van der Waals surface area (Å²) in [7, 11) is 0. The van der Waals surface area contributed by atoms with E-state index >= 15 is 0 Å². The van der Waals surface area contributed by atoms with Gasteiger partial charge in [-0.1, -0.05) is 45.4 Å². The van der Waals surface area contributed by atoms with Crippen LogP contribution in [-0.2, 0) is 0 Å². The van der Waals surface area contributed by atoms with Crippen LogP contribution < -0.4 is 11.1 Å².